The van der Waals surface area contributed by atoms with Gasteiger partial charge in [-0.1, -0.05) is 62.4 Å². The van der Waals surface area contributed by atoms with Gasteiger partial charge in [0.25, 0.3) is 0 Å². The molecule has 0 spiro atoms. The first-order chi connectivity index (χ1) is 30.3. The second-order valence-corrected chi connectivity index (χ2v) is 22.5. The average Bonchev–Trinajstić information content (AvgIpc) is 4.20. The predicted molar refractivity (Wildman–Crippen MR) is 256 cm³/mol. The van der Waals surface area contributed by atoms with Gasteiger partial charge in [-0.25, -0.2) is 16.8 Å². The van der Waals surface area contributed by atoms with E-state index in [-0.39, 0.29) is 10.8 Å². The SMILES string of the molecule is CCC1(c2cccc(NS(C)(=O)=O)c2)C2CN(CCOc3ccc(C4CC4)cc3)CC21.CCC1(c2cccc(NS(C)(=O)=O)c2)C2CNCC21.ClCCOc1ccc(C2CC2)cc1. The maximum absolute atomic E-state index is 11.6. The molecule has 13 heteroatoms. The summed E-state index contributed by atoms with van der Waals surface area (Å²) in [6.45, 7) is 11.1. The summed E-state index contributed by atoms with van der Waals surface area (Å²) >= 11 is 5.52. The van der Waals surface area contributed by atoms with Crippen molar-refractivity contribution in [2.24, 2.45) is 23.7 Å². The molecule has 2 heterocycles. The van der Waals surface area contributed by atoms with E-state index >= 15 is 0 Å². The number of anilines is 2. The van der Waals surface area contributed by atoms with Crippen LogP contribution in [0.3, 0.4) is 0 Å². The summed E-state index contributed by atoms with van der Waals surface area (Å²) < 4.78 is 62.4. The van der Waals surface area contributed by atoms with Gasteiger partial charge in [-0.2, -0.15) is 0 Å². The summed E-state index contributed by atoms with van der Waals surface area (Å²) in [5.74, 6) is 6.75. The van der Waals surface area contributed by atoms with Crippen LogP contribution >= 0.6 is 11.6 Å². The Kier molecular flexibility index (Phi) is 13.8. The Balaban J connectivity index is 0.000000144. The third-order valence-electron chi connectivity index (χ3n) is 14.5. The molecule has 6 fully saturated rings. The van der Waals surface area contributed by atoms with Crippen LogP contribution in [0.25, 0.3) is 0 Å². The molecule has 10 nitrogen and oxygen atoms in total. The van der Waals surface area contributed by atoms with Gasteiger partial charge in [-0.3, -0.25) is 14.3 Å². The second-order valence-electron chi connectivity index (χ2n) is 18.6. The van der Waals surface area contributed by atoms with Crippen LogP contribution < -0.4 is 24.2 Å². The number of hydrogen-bond acceptors (Lipinski definition) is 8. The van der Waals surface area contributed by atoms with Gasteiger partial charge >= 0.3 is 0 Å². The summed E-state index contributed by atoms with van der Waals surface area (Å²) in [6.07, 6.45) is 9.94. The summed E-state index contributed by atoms with van der Waals surface area (Å²) in [6, 6.07) is 32.9. The lowest BCUT2D eigenvalue weighted by Gasteiger charge is -2.26. The Labute approximate surface area is 381 Å². The molecule has 63 heavy (non-hydrogen) atoms. The minimum atomic E-state index is -3.26. The highest BCUT2D eigenvalue weighted by Gasteiger charge is 2.67. The molecule has 4 unspecified atom stereocenters. The first-order valence-electron chi connectivity index (χ1n) is 22.9. The normalized spacial score (nSPS) is 26.8. The summed E-state index contributed by atoms with van der Waals surface area (Å²) in [5.41, 5.74) is 7.22. The van der Waals surface area contributed by atoms with E-state index in [2.05, 4.69) is 82.0 Å². The van der Waals surface area contributed by atoms with Gasteiger partial charge in [-0.05, 0) is 158 Å². The Morgan fingerprint density at radius 2 is 1.06 bits per heavy atom. The fraction of sp³-hybridized carbons (Fsp3) is 0.520. The van der Waals surface area contributed by atoms with Gasteiger partial charge in [0.15, 0.2) is 0 Å². The van der Waals surface area contributed by atoms with Crippen LogP contribution in [0.2, 0.25) is 0 Å². The van der Waals surface area contributed by atoms with E-state index in [1.54, 1.807) is 0 Å². The zero-order valence-corrected chi connectivity index (χ0v) is 39.6. The Morgan fingerprint density at radius 3 is 1.46 bits per heavy atom. The largest absolute Gasteiger partial charge is 0.492 e. The Morgan fingerprint density at radius 1 is 0.635 bits per heavy atom. The number of fused-ring (bicyclic) bond motifs is 2. The maximum Gasteiger partial charge on any atom is 0.229 e. The Bertz CT molecular complexity index is 2390. The van der Waals surface area contributed by atoms with Gasteiger partial charge in [0.05, 0.1) is 18.4 Å². The molecular formula is C50H65ClN4O6S2. The lowest BCUT2D eigenvalue weighted by molar-refractivity contribution is 0.209. The van der Waals surface area contributed by atoms with E-state index in [1.165, 1.54) is 60.4 Å². The third-order valence-corrected chi connectivity index (χ3v) is 15.9. The van der Waals surface area contributed by atoms with Crippen molar-refractivity contribution in [1.29, 1.82) is 0 Å². The van der Waals surface area contributed by atoms with E-state index < -0.39 is 20.0 Å². The van der Waals surface area contributed by atoms with Crippen LogP contribution in [-0.4, -0.2) is 86.1 Å². The number of ether oxygens (including phenoxy) is 2. The zero-order valence-electron chi connectivity index (χ0n) is 37.2. The van der Waals surface area contributed by atoms with Crippen LogP contribution in [0.15, 0.2) is 97.1 Å². The average molecular weight is 918 g/mol. The van der Waals surface area contributed by atoms with E-state index in [0.29, 0.717) is 47.5 Å². The van der Waals surface area contributed by atoms with Gasteiger partial charge in [0.1, 0.15) is 24.7 Å². The summed E-state index contributed by atoms with van der Waals surface area (Å²) in [7, 11) is -6.47. The van der Waals surface area contributed by atoms with Crippen molar-refractivity contribution >= 4 is 43.0 Å². The van der Waals surface area contributed by atoms with Crippen LogP contribution in [0, 0.1) is 23.7 Å². The molecule has 2 aliphatic heterocycles. The number of piperidine rings is 2. The first kappa shape index (κ1) is 45.7. The van der Waals surface area contributed by atoms with Crippen molar-refractivity contribution < 1.29 is 26.3 Å². The molecule has 4 atom stereocenters. The minimum Gasteiger partial charge on any atom is -0.492 e. The van der Waals surface area contributed by atoms with Crippen molar-refractivity contribution in [3.63, 3.8) is 0 Å². The number of alkyl halides is 1. The standard InChI is InChI=1S/C25H32N2O3S.C14H20N2O2S.C11H13ClO/c1-3-25(20-5-4-6-21(15-20)26-31(2,28)29)23-16-27(17-24(23)25)13-14-30-22-11-9-19(10-12-22)18-7-8-18;1-3-14(12-8-15-9-13(12)14)10-5-4-6-11(7-10)16-19(2,17)18;12-7-8-13-11-5-3-10(4-6-11)9-1-2-9/h4-6,9-12,15,18,23-24,26H,3,7-8,13-14,16-17H2,1-2H3;4-7,12-13,15-16H,3,8-9H2,1-2H3;3-6,9H,1-2,7-8H2. The van der Waals surface area contributed by atoms with Crippen molar-refractivity contribution in [3.05, 3.63) is 119 Å². The highest BCUT2D eigenvalue weighted by Crippen LogP contribution is 2.66. The van der Waals surface area contributed by atoms with Gasteiger partial charge < -0.3 is 14.8 Å². The fourth-order valence-corrected chi connectivity index (χ4v) is 12.3. The number of nitrogens with zero attached hydrogens (tertiary/aromatic N) is 1. The molecular weight excluding hydrogens is 852 g/mol. The number of benzene rings is 4. The molecule has 4 saturated carbocycles. The molecule has 3 N–H and O–H groups in total. The quantitative estimate of drug-likeness (QED) is 0.0898. The highest BCUT2D eigenvalue weighted by atomic mass is 35.5. The zero-order chi connectivity index (χ0) is 44.4. The van der Waals surface area contributed by atoms with Crippen molar-refractivity contribution in [1.82, 2.24) is 10.2 Å². The molecule has 0 amide bonds. The molecule has 0 bridgehead atoms. The molecule has 4 aromatic carbocycles. The van der Waals surface area contributed by atoms with Gasteiger partial charge in [0, 0.05) is 41.8 Å². The van der Waals surface area contributed by atoms with Crippen molar-refractivity contribution in [2.45, 2.75) is 75.0 Å². The van der Waals surface area contributed by atoms with Crippen LogP contribution in [0.1, 0.15) is 86.5 Å². The first-order valence-corrected chi connectivity index (χ1v) is 27.2. The Hall–Kier alpha value is -3.81. The van der Waals surface area contributed by atoms with Crippen LogP contribution in [0.4, 0.5) is 11.4 Å². The van der Waals surface area contributed by atoms with Gasteiger partial charge in [-0.15, -0.1) is 11.6 Å². The van der Waals surface area contributed by atoms with Crippen molar-refractivity contribution in [3.8, 4) is 11.5 Å². The van der Waals surface area contributed by atoms with Crippen LogP contribution in [-0.2, 0) is 30.9 Å². The number of sulfonamides is 2. The van der Waals surface area contributed by atoms with E-state index in [9.17, 15) is 16.8 Å². The molecule has 0 aromatic heterocycles. The minimum absolute atomic E-state index is 0.186. The number of likely N-dealkylation sites (tertiary alicyclic amines) is 1. The summed E-state index contributed by atoms with van der Waals surface area (Å²) in [5, 5.41) is 3.42. The van der Waals surface area contributed by atoms with E-state index in [0.717, 1.165) is 75.5 Å². The monoisotopic (exact) mass is 916 g/mol. The van der Waals surface area contributed by atoms with Gasteiger partial charge in [0.2, 0.25) is 20.0 Å². The summed E-state index contributed by atoms with van der Waals surface area (Å²) in [4.78, 5) is 2.51. The topological polar surface area (TPSA) is 126 Å². The number of rotatable bonds is 17. The van der Waals surface area contributed by atoms with Crippen molar-refractivity contribution in [2.75, 3.05) is 73.8 Å². The lowest BCUT2D eigenvalue weighted by atomic mass is 9.87. The smallest absolute Gasteiger partial charge is 0.229 e. The molecule has 340 valence electrons. The lowest BCUT2D eigenvalue weighted by Crippen LogP contribution is -2.33. The number of halogens is 1. The van der Waals surface area contributed by atoms with Crippen LogP contribution in [0.5, 0.6) is 11.5 Å². The number of nitrogens with one attached hydrogen (secondary N) is 3. The third kappa shape index (κ3) is 10.8. The molecule has 6 aliphatic rings. The molecule has 2 saturated heterocycles. The van der Waals surface area contributed by atoms with E-state index in [4.69, 9.17) is 21.1 Å². The fourth-order valence-electron chi connectivity index (χ4n) is 11.1. The van der Waals surface area contributed by atoms with E-state index in [1.807, 2.05) is 48.5 Å². The predicted octanol–water partition coefficient (Wildman–Crippen LogP) is 8.96. The molecule has 10 rings (SSSR count). The molecule has 4 aliphatic carbocycles. The molecule has 0 radical (unpaired) electrons. The molecule has 4 aromatic rings. The second kappa shape index (κ2) is 19.0. The maximum atomic E-state index is 11.6. The number of hydrogen-bond donors (Lipinski definition) is 3. The highest BCUT2D eigenvalue weighted by molar-refractivity contribution is 7.92.